The Bertz CT molecular complexity index is 492. The van der Waals surface area contributed by atoms with Gasteiger partial charge in [0.2, 0.25) is 0 Å². The van der Waals surface area contributed by atoms with E-state index >= 15 is 0 Å². The number of benzene rings is 1. The lowest BCUT2D eigenvalue weighted by Gasteiger charge is -2.33. The molecule has 1 atom stereocenters. The Morgan fingerprint density at radius 3 is 2.84 bits per heavy atom. The summed E-state index contributed by atoms with van der Waals surface area (Å²) < 4.78 is 0. The number of nitriles is 1. The van der Waals surface area contributed by atoms with Crippen molar-refractivity contribution in [2.75, 3.05) is 26.2 Å². The molecule has 6 nitrogen and oxygen atoms in total. The quantitative estimate of drug-likeness (QED) is 0.654. The smallest absolute Gasteiger partial charge is 0.269 e. The Kier molecular flexibility index (Phi) is 4.44. The third kappa shape index (κ3) is 3.28. The molecule has 0 amide bonds. The third-order valence-corrected chi connectivity index (χ3v) is 3.34. The molecule has 0 bridgehead atoms. The molecule has 0 saturated carbocycles. The number of non-ortho nitro benzene ring substituents is 1. The van der Waals surface area contributed by atoms with Gasteiger partial charge in [0.15, 0.2) is 0 Å². The molecule has 19 heavy (non-hydrogen) atoms. The highest BCUT2D eigenvalue weighted by Crippen LogP contribution is 2.27. The van der Waals surface area contributed by atoms with Crippen molar-refractivity contribution in [2.45, 2.75) is 12.5 Å². The number of nitro groups is 1. The minimum Gasteiger partial charge on any atom is -0.314 e. The van der Waals surface area contributed by atoms with Gasteiger partial charge in [-0.3, -0.25) is 15.0 Å². The minimum atomic E-state index is -0.398. The highest BCUT2D eigenvalue weighted by atomic mass is 16.6. The fraction of sp³-hybridized carbons (Fsp3) is 0.462. The Morgan fingerprint density at radius 2 is 2.21 bits per heavy atom. The number of hydrogen-bond donors (Lipinski definition) is 1. The molecule has 0 spiro atoms. The lowest BCUT2D eigenvalue weighted by atomic mass is 10.0. The SMILES string of the molecule is N#CC[C@@H](c1cccc([N+](=O)[O-])c1)N1CCNCC1. The molecule has 2 rings (SSSR count). The van der Waals surface area contributed by atoms with Gasteiger partial charge in [-0.25, -0.2) is 0 Å². The first-order valence-corrected chi connectivity index (χ1v) is 6.28. The van der Waals surface area contributed by atoms with Gasteiger partial charge in [-0.05, 0) is 5.56 Å². The molecule has 6 heteroatoms. The zero-order valence-corrected chi connectivity index (χ0v) is 10.6. The molecule has 0 unspecified atom stereocenters. The summed E-state index contributed by atoms with van der Waals surface area (Å²) >= 11 is 0. The lowest BCUT2D eigenvalue weighted by molar-refractivity contribution is -0.385. The van der Waals surface area contributed by atoms with E-state index in [0.717, 1.165) is 31.7 Å². The molecule has 1 aliphatic heterocycles. The Balaban J connectivity index is 2.25. The number of nitrogens with zero attached hydrogens (tertiary/aromatic N) is 3. The van der Waals surface area contributed by atoms with Crippen molar-refractivity contribution in [1.82, 2.24) is 10.2 Å². The second kappa shape index (κ2) is 6.27. The van der Waals surface area contributed by atoms with Crippen molar-refractivity contribution in [3.63, 3.8) is 0 Å². The predicted molar refractivity (Wildman–Crippen MR) is 70.5 cm³/mol. The maximum atomic E-state index is 10.8. The standard InChI is InChI=1S/C13H16N4O2/c14-5-4-13(16-8-6-15-7-9-16)11-2-1-3-12(10-11)17(18)19/h1-3,10,13,15H,4,6-9H2/t13-/m0/s1. The molecule has 1 saturated heterocycles. The second-order valence-corrected chi connectivity index (χ2v) is 4.52. The van der Waals surface area contributed by atoms with E-state index < -0.39 is 4.92 Å². The van der Waals surface area contributed by atoms with E-state index in [2.05, 4.69) is 16.3 Å². The van der Waals surface area contributed by atoms with Crippen molar-refractivity contribution in [3.05, 3.63) is 39.9 Å². The van der Waals surface area contributed by atoms with Crippen LogP contribution in [-0.4, -0.2) is 36.0 Å². The first-order chi connectivity index (χ1) is 9.22. The molecule has 1 aliphatic rings. The topological polar surface area (TPSA) is 82.2 Å². The summed E-state index contributed by atoms with van der Waals surface area (Å²) in [4.78, 5) is 12.6. The average Bonchev–Trinajstić information content (AvgIpc) is 2.46. The van der Waals surface area contributed by atoms with Gasteiger partial charge in [0, 0.05) is 44.4 Å². The van der Waals surface area contributed by atoms with Crippen LogP contribution in [0.4, 0.5) is 5.69 Å². The fourth-order valence-electron chi connectivity index (χ4n) is 2.38. The van der Waals surface area contributed by atoms with E-state index in [4.69, 9.17) is 5.26 Å². The second-order valence-electron chi connectivity index (χ2n) is 4.52. The molecule has 1 N–H and O–H groups in total. The normalized spacial score (nSPS) is 17.6. The van der Waals surface area contributed by atoms with Crippen molar-refractivity contribution >= 4 is 5.69 Å². The van der Waals surface area contributed by atoms with Crippen LogP contribution in [0.1, 0.15) is 18.0 Å². The molecular weight excluding hydrogens is 244 g/mol. The van der Waals surface area contributed by atoms with E-state index in [1.54, 1.807) is 12.1 Å². The molecule has 0 aromatic heterocycles. The predicted octanol–water partition coefficient (Wildman–Crippen LogP) is 1.45. The molecule has 1 aromatic carbocycles. The van der Waals surface area contributed by atoms with E-state index in [1.165, 1.54) is 6.07 Å². The van der Waals surface area contributed by atoms with Crippen LogP contribution < -0.4 is 5.32 Å². The summed E-state index contributed by atoms with van der Waals surface area (Å²) in [6, 6.07) is 8.71. The molecule has 0 radical (unpaired) electrons. The van der Waals surface area contributed by atoms with Crippen LogP contribution >= 0.6 is 0 Å². The zero-order chi connectivity index (χ0) is 13.7. The minimum absolute atomic E-state index is 0.0630. The van der Waals surface area contributed by atoms with Gasteiger partial charge in [0.1, 0.15) is 0 Å². The molecule has 0 aliphatic carbocycles. The largest absolute Gasteiger partial charge is 0.314 e. The number of nitro benzene ring substituents is 1. The zero-order valence-electron chi connectivity index (χ0n) is 10.6. The molecule has 1 aromatic rings. The maximum Gasteiger partial charge on any atom is 0.269 e. The van der Waals surface area contributed by atoms with Crippen LogP contribution in [0, 0.1) is 21.4 Å². The highest BCUT2D eigenvalue weighted by molar-refractivity contribution is 5.36. The van der Waals surface area contributed by atoms with Gasteiger partial charge < -0.3 is 5.32 Å². The lowest BCUT2D eigenvalue weighted by Crippen LogP contribution is -2.45. The molecule has 1 heterocycles. The van der Waals surface area contributed by atoms with Crippen LogP contribution in [0.25, 0.3) is 0 Å². The van der Waals surface area contributed by atoms with Gasteiger partial charge in [-0.1, -0.05) is 12.1 Å². The van der Waals surface area contributed by atoms with E-state index in [-0.39, 0.29) is 11.7 Å². The van der Waals surface area contributed by atoms with E-state index in [9.17, 15) is 10.1 Å². The van der Waals surface area contributed by atoms with Crippen LogP contribution in [0.3, 0.4) is 0 Å². The molecular formula is C13H16N4O2. The van der Waals surface area contributed by atoms with Crippen molar-refractivity contribution in [1.29, 1.82) is 5.26 Å². The van der Waals surface area contributed by atoms with Crippen molar-refractivity contribution < 1.29 is 4.92 Å². The van der Waals surface area contributed by atoms with E-state index in [0.29, 0.717) is 6.42 Å². The van der Waals surface area contributed by atoms with Gasteiger partial charge in [-0.15, -0.1) is 0 Å². The number of hydrogen-bond acceptors (Lipinski definition) is 5. The fourth-order valence-corrected chi connectivity index (χ4v) is 2.38. The summed E-state index contributed by atoms with van der Waals surface area (Å²) in [6.07, 6.45) is 0.348. The first kappa shape index (κ1) is 13.5. The molecule has 100 valence electrons. The summed E-state index contributed by atoms with van der Waals surface area (Å²) in [5.74, 6) is 0. The summed E-state index contributed by atoms with van der Waals surface area (Å²) in [5, 5.41) is 23.1. The average molecular weight is 260 g/mol. The number of piperazine rings is 1. The van der Waals surface area contributed by atoms with Gasteiger partial charge in [0.05, 0.1) is 17.4 Å². The van der Waals surface area contributed by atoms with Crippen molar-refractivity contribution in [3.8, 4) is 6.07 Å². The molecule has 1 fully saturated rings. The van der Waals surface area contributed by atoms with Crippen LogP contribution in [0.5, 0.6) is 0 Å². The Morgan fingerprint density at radius 1 is 1.47 bits per heavy atom. The third-order valence-electron chi connectivity index (χ3n) is 3.34. The van der Waals surface area contributed by atoms with Gasteiger partial charge >= 0.3 is 0 Å². The first-order valence-electron chi connectivity index (χ1n) is 6.28. The van der Waals surface area contributed by atoms with Crippen LogP contribution in [0.15, 0.2) is 24.3 Å². The van der Waals surface area contributed by atoms with Gasteiger partial charge in [0.25, 0.3) is 5.69 Å². The summed E-state index contributed by atoms with van der Waals surface area (Å²) in [6.45, 7) is 3.48. The van der Waals surface area contributed by atoms with Gasteiger partial charge in [-0.2, -0.15) is 5.26 Å². The Labute approximate surface area is 111 Å². The summed E-state index contributed by atoms with van der Waals surface area (Å²) in [7, 11) is 0. The van der Waals surface area contributed by atoms with Crippen LogP contribution in [0.2, 0.25) is 0 Å². The summed E-state index contributed by atoms with van der Waals surface area (Å²) in [5.41, 5.74) is 0.924. The number of rotatable bonds is 4. The van der Waals surface area contributed by atoms with E-state index in [1.807, 2.05) is 6.07 Å². The van der Waals surface area contributed by atoms with Crippen LogP contribution in [-0.2, 0) is 0 Å². The maximum absolute atomic E-state index is 10.8. The number of nitrogens with one attached hydrogen (secondary N) is 1. The highest BCUT2D eigenvalue weighted by Gasteiger charge is 2.23. The van der Waals surface area contributed by atoms with Crippen molar-refractivity contribution in [2.24, 2.45) is 0 Å². The monoisotopic (exact) mass is 260 g/mol. The Hall–Kier alpha value is -1.97.